The molecule has 0 saturated heterocycles. The molecule has 0 radical (unpaired) electrons. The van der Waals surface area contributed by atoms with Crippen LogP contribution in [0.4, 0.5) is 0 Å². The van der Waals surface area contributed by atoms with Crippen LogP contribution in [0.5, 0.6) is 5.75 Å². The van der Waals surface area contributed by atoms with Crippen molar-refractivity contribution in [1.29, 1.82) is 0 Å². The zero-order chi connectivity index (χ0) is 26.0. The first kappa shape index (κ1) is 29.0. The van der Waals surface area contributed by atoms with E-state index >= 15 is 0 Å². The second-order valence-electron chi connectivity index (χ2n) is 9.06. The van der Waals surface area contributed by atoms with Crippen LogP contribution in [-0.2, 0) is 20.7 Å². The van der Waals surface area contributed by atoms with Crippen molar-refractivity contribution >= 4 is 11.9 Å². The lowest BCUT2D eigenvalue weighted by molar-refractivity contribution is -0.142. The minimum Gasteiger partial charge on any atom is -0.460 e. The van der Waals surface area contributed by atoms with E-state index in [1.165, 1.54) is 30.9 Å². The number of aromatic nitrogens is 2. The zero-order valence-electron chi connectivity index (χ0n) is 21.6. The van der Waals surface area contributed by atoms with Gasteiger partial charge >= 0.3 is 11.9 Å². The Balaban J connectivity index is 1.67. The maximum absolute atomic E-state index is 12.1. The number of esters is 2. The molecule has 0 aliphatic rings. The minimum atomic E-state index is -0.372. The largest absolute Gasteiger partial charge is 0.460 e. The highest BCUT2D eigenvalue weighted by Gasteiger charge is 2.08. The number of ether oxygens (including phenoxy) is 2. The van der Waals surface area contributed by atoms with Crippen LogP contribution < -0.4 is 4.74 Å². The Morgan fingerprint density at radius 1 is 0.917 bits per heavy atom. The van der Waals surface area contributed by atoms with Gasteiger partial charge in [-0.15, -0.1) is 6.58 Å². The number of benzene rings is 1. The van der Waals surface area contributed by atoms with Gasteiger partial charge in [0.05, 0.1) is 18.5 Å². The normalized spacial score (nSPS) is 11.5. The summed E-state index contributed by atoms with van der Waals surface area (Å²) in [6.45, 7) is 9.05. The second kappa shape index (κ2) is 17.2. The van der Waals surface area contributed by atoms with Gasteiger partial charge in [0, 0.05) is 18.1 Å². The standard InChI is InChI=1S/C30H40N2O4/c1-4-6-7-8-9-10-11-12-17-29(34)36-27-22-31-30(32-23-27)26-20-18-25(19-21-26)16-14-13-15-24(3)35-28(33)5-2/h4-5,18-24H,1-2,6-17H2,3H3. The molecule has 0 aliphatic carbocycles. The third kappa shape index (κ3) is 11.9. The first-order valence-electron chi connectivity index (χ1n) is 13.1. The molecule has 194 valence electrons. The quantitative estimate of drug-likeness (QED) is 0.0948. The minimum absolute atomic E-state index is 0.0975. The Labute approximate surface area is 215 Å². The van der Waals surface area contributed by atoms with E-state index in [-0.39, 0.29) is 18.0 Å². The van der Waals surface area contributed by atoms with E-state index in [4.69, 9.17) is 9.47 Å². The van der Waals surface area contributed by atoms with Crippen molar-refractivity contribution in [1.82, 2.24) is 9.97 Å². The molecule has 1 heterocycles. The third-order valence-corrected chi connectivity index (χ3v) is 5.92. The molecule has 0 saturated carbocycles. The number of carbonyl (C=O) groups is 2. The molecule has 2 aromatic rings. The number of unbranched alkanes of at least 4 members (excludes halogenated alkanes) is 7. The van der Waals surface area contributed by atoms with E-state index in [0.29, 0.717) is 18.0 Å². The molecule has 0 N–H and O–H groups in total. The van der Waals surface area contributed by atoms with Gasteiger partial charge in [-0.1, -0.05) is 62.6 Å². The summed E-state index contributed by atoms with van der Waals surface area (Å²) >= 11 is 0. The van der Waals surface area contributed by atoms with Gasteiger partial charge in [0.2, 0.25) is 0 Å². The van der Waals surface area contributed by atoms with Crippen molar-refractivity contribution in [2.45, 2.75) is 90.1 Å². The van der Waals surface area contributed by atoms with Gasteiger partial charge in [0.15, 0.2) is 11.6 Å². The van der Waals surface area contributed by atoms with Gasteiger partial charge in [0.25, 0.3) is 0 Å². The van der Waals surface area contributed by atoms with Gasteiger partial charge in [-0.05, 0) is 57.4 Å². The molecule has 0 aliphatic heterocycles. The Kier molecular flexibility index (Phi) is 13.8. The van der Waals surface area contributed by atoms with E-state index in [2.05, 4.69) is 35.3 Å². The number of carbonyl (C=O) groups excluding carboxylic acids is 2. The summed E-state index contributed by atoms with van der Waals surface area (Å²) in [5.41, 5.74) is 2.14. The molecular weight excluding hydrogens is 452 g/mol. The molecule has 2 rings (SSSR count). The topological polar surface area (TPSA) is 78.4 Å². The number of nitrogens with zero attached hydrogens (tertiary/aromatic N) is 2. The Bertz CT molecular complexity index is 938. The van der Waals surface area contributed by atoms with Crippen molar-refractivity contribution in [3.8, 4) is 17.1 Å². The SMILES string of the molecule is C=CCCCCCCCCC(=O)Oc1cnc(-c2ccc(CCCCC(C)OC(=O)C=C)cc2)nc1. The van der Waals surface area contributed by atoms with E-state index in [0.717, 1.165) is 56.9 Å². The average molecular weight is 493 g/mol. The predicted molar refractivity (Wildman–Crippen MR) is 144 cm³/mol. The molecule has 1 aromatic carbocycles. The fourth-order valence-corrected chi connectivity index (χ4v) is 3.85. The van der Waals surface area contributed by atoms with Crippen LogP contribution in [0.1, 0.15) is 83.1 Å². The molecule has 1 atom stereocenters. The van der Waals surface area contributed by atoms with E-state index in [1.807, 2.05) is 25.1 Å². The molecule has 0 bridgehead atoms. The van der Waals surface area contributed by atoms with Crippen LogP contribution in [0.15, 0.2) is 62.0 Å². The van der Waals surface area contributed by atoms with Crippen LogP contribution in [0, 0.1) is 0 Å². The van der Waals surface area contributed by atoms with Crippen LogP contribution in [-0.4, -0.2) is 28.0 Å². The fraction of sp³-hybridized carbons (Fsp3) is 0.467. The first-order chi connectivity index (χ1) is 17.5. The number of rotatable bonds is 18. The Morgan fingerprint density at radius 2 is 1.58 bits per heavy atom. The van der Waals surface area contributed by atoms with Gasteiger partial charge in [-0.3, -0.25) is 4.79 Å². The van der Waals surface area contributed by atoms with Crippen molar-refractivity contribution in [3.63, 3.8) is 0 Å². The second-order valence-corrected chi connectivity index (χ2v) is 9.06. The third-order valence-electron chi connectivity index (χ3n) is 5.92. The summed E-state index contributed by atoms with van der Waals surface area (Å²) in [7, 11) is 0. The monoisotopic (exact) mass is 492 g/mol. The summed E-state index contributed by atoms with van der Waals surface area (Å²) < 4.78 is 10.6. The summed E-state index contributed by atoms with van der Waals surface area (Å²) in [5.74, 6) is 0.354. The lowest BCUT2D eigenvalue weighted by Gasteiger charge is -2.11. The smallest absolute Gasteiger partial charge is 0.330 e. The molecular formula is C30H40N2O4. The highest BCUT2D eigenvalue weighted by atomic mass is 16.5. The zero-order valence-corrected chi connectivity index (χ0v) is 21.6. The molecule has 0 fully saturated rings. The molecule has 0 amide bonds. The van der Waals surface area contributed by atoms with Gasteiger partial charge in [0.1, 0.15) is 0 Å². The highest BCUT2D eigenvalue weighted by Crippen LogP contribution is 2.19. The number of aryl methyl sites for hydroxylation is 1. The summed E-state index contributed by atoms with van der Waals surface area (Å²) in [6, 6.07) is 8.16. The van der Waals surface area contributed by atoms with Crippen molar-refractivity contribution < 1.29 is 19.1 Å². The molecule has 0 spiro atoms. The van der Waals surface area contributed by atoms with E-state index in [1.54, 1.807) is 12.4 Å². The van der Waals surface area contributed by atoms with E-state index < -0.39 is 0 Å². The maximum Gasteiger partial charge on any atom is 0.330 e. The van der Waals surface area contributed by atoms with Crippen LogP contribution in [0.2, 0.25) is 0 Å². The van der Waals surface area contributed by atoms with Crippen LogP contribution in [0.25, 0.3) is 11.4 Å². The molecule has 1 unspecified atom stereocenters. The van der Waals surface area contributed by atoms with Gasteiger partial charge in [-0.25, -0.2) is 14.8 Å². The fourth-order valence-electron chi connectivity index (χ4n) is 3.85. The lowest BCUT2D eigenvalue weighted by atomic mass is 10.0. The molecule has 6 heteroatoms. The van der Waals surface area contributed by atoms with Gasteiger partial charge < -0.3 is 9.47 Å². The molecule has 1 aromatic heterocycles. The van der Waals surface area contributed by atoms with Crippen molar-refractivity contribution in [3.05, 3.63) is 67.5 Å². The van der Waals surface area contributed by atoms with Crippen LogP contribution in [0.3, 0.4) is 0 Å². The first-order valence-corrected chi connectivity index (χ1v) is 13.1. The lowest BCUT2D eigenvalue weighted by Crippen LogP contribution is -2.12. The summed E-state index contributed by atoms with van der Waals surface area (Å²) in [4.78, 5) is 32.0. The van der Waals surface area contributed by atoms with Gasteiger partial charge in [-0.2, -0.15) is 0 Å². The number of hydrogen-bond donors (Lipinski definition) is 0. The average Bonchev–Trinajstić information content (AvgIpc) is 2.89. The van der Waals surface area contributed by atoms with Crippen LogP contribution >= 0.6 is 0 Å². The maximum atomic E-state index is 12.1. The summed E-state index contributed by atoms with van der Waals surface area (Å²) in [5, 5.41) is 0. The van der Waals surface area contributed by atoms with Crippen molar-refractivity contribution in [2.24, 2.45) is 0 Å². The number of hydrogen-bond acceptors (Lipinski definition) is 6. The molecule has 6 nitrogen and oxygen atoms in total. The van der Waals surface area contributed by atoms with E-state index in [9.17, 15) is 9.59 Å². The Hall–Kier alpha value is -3.28. The predicted octanol–water partition coefficient (Wildman–Crippen LogP) is 7.19. The highest BCUT2D eigenvalue weighted by molar-refractivity contribution is 5.81. The van der Waals surface area contributed by atoms with Crippen molar-refractivity contribution in [2.75, 3.05) is 0 Å². The Morgan fingerprint density at radius 3 is 2.25 bits per heavy atom. The summed E-state index contributed by atoms with van der Waals surface area (Å²) in [6.07, 6.45) is 18.1. The molecule has 36 heavy (non-hydrogen) atoms. The number of allylic oxidation sites excluding steroid dienone is 1.